The number of hydrogen-bond acceptors (Lipinski definition) is 4. The maximum Gasteiger partial charge on any atom is 0.249 e. The molecule has 4 nitrogen and oxygen atoms in total. The second-order valence-corrected chi connectivity index (χ2v) is 3.61. The smallest absolute Gasteiger partial charge is 0.211 e. The fraction of sp³-hybridized carbons (Fsp3) is 0.636. The van der Waals surface area contributed by atoms with Gasteiger partial charge in [0.15, 0.2) is 0 Å². The molecule has 0 radical (unpaired) electrons. The van der Waals surface area contributed by atoms with Crippen LogP contribution in [0.5, 0.6) is 0 Å². The summed E-state index contributed by atoms with van der Waals surface area (Å²) >= 11 is 0. The quantitative estimate of drug-likeness (QED) is 0.388. The van der Waals surface area contributed by atoms with Crippen LogP contribution in [0.2, 0.25) is 0 Å². The first-order valence-corrected chi connectivity index (χ1v) is 4.98. The summed E-state index contributed by atoms with van der Waals surface area (Å²) in [7, 11) is 0. The molecule has 0 heterocycles. The summed E-state index contributed by atoms with van der Waals surface area (Å²) < 4.78 is 0. The van der Waals surface area contributed by atoms with Gasteiger partial charge in [-0.2, -0.15) is 0 Å². The minimum Gasteiger partial charge on any atom is -0.211 e. The number of nitrogens with zero attached hydrogens (tertiary/aromatic N) is 2. The predicted octanol–water partition coefficient (Wildman–Crippen LogP) is 1.43. The minimum atomic E-state index is 0.318. The van der Waals surface area contributed by atoms with Gasteiger partial charge in [0, 0.05) is 12.0 Å². The monoisotopic (exact) mass is 204 g/mol. The second-order valence-electron chi connectivity index (χ2n) is 3.61. The largest absolute Gasteiger partial charge is 0.249 e. The molecule has 1 aliphatic rings. The third kappa shape index (κ3) is 4.37. The molecule has 0 bridgehead atoms. The normalized spacial score (nSPS) is 24.0. The molecule has 1 aliphatic carbocycles. The standard InChI is InChI=1S/C11H12N2O2/c14-8-12-6-5-10-1-3-11(4-2-10)7-13-9-15/h10-11H,1-4,7H2. The Balaban J connectivity index is 2.33. The number of aliphatic imine (C=N–C) groups is 2. The van der Waals surface area contributed by atoms with E-state index in [9.17, 15) is 9.59 Å². The lowest BCUT2D eigenvalue weighted by Gasteiger charge is -2.23. The Kier molecular flexibility index (Phi) is 5.11. The van der Waals surface area contributed by atoms with Gasteiger partial charge in [-0.1, -0.05) is 5.92 Å². The molecule has 0 aromatic rings. The van der Waals surface area contributed by atoms with Crippen molar-refractivity contribution in [2.24, 2.45) is 21.8 Å². The summed E-state index contributed by atoms with van der Waals surface area (Å²) in [5.41, 5.74) is 0. The third-order valence-corrected chi connectivity index (χ3v) is 2.63. The van der Waals surface area contributed by atoms with Crippen molar-refractivity contribution in [2.45, 2.75) is 25.7 Å². The fourth-order valence-corrected chi connectivity index (χ4v) is 1.80. The molecule has 1 fully saturated rings. The van der Waals surface area contributed by atoms with Crippen molar-refractivity contribution < 1.29 is 9.59 Å². The van der Waals surface area contributed by atoms with Crippen LogP contribution in [0.25, 0.3) is 0 Å². The van der Waals surface area contributed by atoms with E-state index >= 15 is 0 Å². The predicted molar refractivity (Wildman–Crippen MR) is 54.3 cm³/mol. The molecule has 0 saturated heterocycles. The second kappa shape index (κ2) is 6.73. The van der Waals surface area contributed by atoms with E-state index < -0.39 is 0 Å². The Morgan fingerprint density at radius 1 is 1.07 bits per heavy atom. The lowest BCUT2D eigenvalue weighted by Crippen LogP contribution is -2.15. The highest BCUT2D eigenvalue weighted by atomic mass is 16.1. The average Bonchev–Trinajstić information content (AvgIpc) is 2.28. The highest BCUT2D eigenvalue weighted by molar-refractivity contribution is 5.36. The summed E-state index contributed by atoms with van der Waals surface area (Å²) in [4.78, 5) is 26.5. The van der Waals surface area contributed by atoms with Crippen LogP contribution in [0.4, 0.5) is 0 Å². The number of hydrogen-bond donors (Lipinski definition) is 0. The maximum atomic E-state index is 9.92. The summed E-state index contributed by atoms with van der Waals surface area (Å²) in [5, 5.41) is 0. The van der Waals surface area contributed by atoms with Crippen LogP contribution < -0.4 is 0 Å². The molecular formula is C11H12N2O2. The Hall–Kier alpha value is -1.68. The van der Waals surface area contributed by atoms with Crippen molar-refractivity contribution in [3.05, 3.63) is 0 Å². The molecule has 78 valence electrons. The van der Waals surface area contributed by atoms with E-state index in [0.29, 0.717) is 18.4 Å². The van der Waals surface area contributed by atoms with E-state index in [1.807, 2.05) is 0 Å². The van der Waals surface area contributed by atoms with E-state index in [1.54, 1.807) is 6.08 Å². The summed E-state index contributed by atoms with van der Waals surface area (Å²) in [6.45, 7) is 0.580. The van der Waals surface area contributed by atoms with Crippen LogP contribution in [0, 0.1) is 23.8 Å². The third-order valence-electron chi connectivity index (χ3n) is 2.63. The molecule has 4 heteroatoms. The molecule has 0 spiro atoms. The maximum absolute atomic E-state index is 9.92. The molecule has 0 N–H and O–H groups in total. The zero-order valence-electron chi connectivity index (χ0n) is 8.40. The summed E-state index contributed by atoms with van der Waals surface area (Å²) in [6.07, 6.45) is 6.96. The Bertz CT molecular complexity index is 347. The highest BCUT2D eigenvalue weighted by Crippen LogP contribution is 2.28. The lowest BCUT2D eigenvalue weighted by atomic mass is 9.82. The average molecular weight is 204 g/mol. The van der Waals surface area contributed by atoms with Crippen molar-refractivity contribution in [1.29, 1.82) is 0 Å². The van der Waals surface area contributed by atoms with Gasteiger partial charge in [-0.25, -0.2) is 14.6 Å². The van der Waals surface area contributed by atoms with Crippen LogP contribution >= 0.6 is 0 Å². The van der Waals surface area contributed by atoms with Crippen LogP contribution in [0.15, 0.2) is 9.98 Å². The van der Waals surface area contributed by atoms with Gasteiger partial charge in [0.05, 0.1) is 6.54 Å². The summed E-state index contributed by atoms with van der Waals surface area (Å²) in [5.74, 6) is 3.72. The highest BCUT2D eigenvalue weighted by Gasteiger charge is 2.19. The molecular weight excluding hydrogens is 192 g/mol. The van der Waals surface area contributed by atoms with Crippen molar-refractivity contribution >= 4 is 12.2 Å². The number of carbonyl (C=O) groups excluding carboxylic acids is 2. The van der Waals surface area contributed by atoms with E-state index in [0.717, 1.165) is 25.7 Å². The van der Waals surface area contributed by atoms with E-state index in [2.05, 4.69) is 21.9 Å². The first-order valence-electron chi connectivity index (χ1n) is 4.98. The van der Waals surface area contributed by atoms with Crippen LogP contribution in [0.1, 0.15) is 25.7 Å². The molecule has 0 aromatic heterocycles. The number of rotatable bonds is 2. The van der Waals surface area contributed by atoms with Crippen LogP contribution in [0.3, 0.4) is 0 Å². The van der Waals surface area contributed by atoms with Gasteiger partial charge in [-0.3, -0.25) is 0 Å². The van der Waals surface area contributed by atoms with Crippen molar-refractivity contribution in [3.63, 3.8) is 0 Å². The minimum absolute atomic E-state index is 0.318. The zero-order chi connectivity index (χ0) is 10.9. The van der Waals surface area contributed by atoms with Crippen molar-refractivity contribution in [1.82, 2.24) is 0 Å². The molecule has 0 aliphatic heterocycles. The van der Waals surface area contributed by atoms with E-state index in [4.69, 9.17) is 0 Å². The van der Waals surface area contributed by atoms with Gasteiger partial charge < -0.3 is 0 Å². The van der Waals surface area contributed by atoms with Crippen molar-refractivity contribution in [2.75, 3.05) is 6.54 Å². The van der Waals surface area contributed by atoms with Gasteiger partial charge in [-0.15, -0.1) is 4.99 Å². The van der Waals surface area contributed by atoms with Gasteiger partial charge >= 0.3 is 0 Å². The first-order chi connectivity index (χ1) is 7.36. The molecule has 0 unspecified atom stereocenters. The number of isocyanates is 2. The molecule has 15 heavy (non-hydrogen) atoms. The fourth-order valence-electron chi connectivity index (χ4n) is 1.80. The van der Waals surface area contributed by atoms with Gasteiger partial charge in [0.25, 0.3) is 0 Å². The van der Waals surface area contributed by atoms with Gasteiger partial charge in [0.1, 0.15) is 0 Å². The lowest BCUT2D eigenvalue weighted by molar-refractivity contribution is 0.323. The van der Waals surface area contributed by atoms with Crippen LogP contribution in [-0.2, 0) is 9.59 Å². The Morgan fingerprint density at radius 3 is 2.40 bits per heavy atom. The molecule has 0 amide bonds. The van der Waals surface area contributed by atoms with Gasteiger partial charge in [0.2, 0.25) is 12.2 Å². The summed E-state index contributed by atoms with van der Waals surface area (Å²) in [6, 6.07) is 2.43. The molecule has 1 rings (SSSR count). The van der Waals surface area contributed by atoms with Crippen LogP contribution in [-0.4, -0.2) is 18.7 Å². The van der Waals surface area contributed by atoms with Gasteiger partial charge in [-0.05, 0) is 31.6 Å². The SMILES string of the molecule is O=C=NC#CC1CCC(CN=C=O)CC1. The zero-order valence-corrected chi connectivity index (χ0v) is 8.40. The topological polar surface area (TPSA) is 58.9 Å². The molecule has 0 aromatic carbocycles. The van der Waals surface area contributed by atoms with E-state index in [1.165, 1.54) is 6.08 Å². The molecule has 0 atom stereocenters. The Morgan fingerprint density at radius 2 is 1.80 bits per heavy atom. The first kappa shape index (κ1) is 11.4. The van der Waals surface area contributed by atoms with Crippen molar-refractivity contribution in [3.8, 4) is 12.0 Å². The van der Waals surface area contributed by atoms with E-state index in [-0.39, 0.29) is 0 Å². The Labute approximate surface area is 88.5 Å². The molecule has 1 saturated carbocycles.